The highest BCUT2D eigenvalue weighted by atomic mass is 19.1. The maximum Gasteiger partial charge on any atom is 0.200 e. The Morgan fingerprint density at radius 3 is 2.41 bits per heavy atom. The monoisotopic (exact) mass is 303 g/mol. The van der Waals surface area contributed by atoms with Crippen LogP contribution in [0.3, 0.4) is 0 Å². The van der Waals surface area contributed by atoms with Gasteiger partial charge in [0.15, 0.2) is 0 Å². The van der Waals surface area contributed by atoms with Gasteiger partial charge < -0.3 is 9.80 Å². The Morgan fingerprint density at radius 1 is 1.23 bits per heavy atom. The number of halogens is 1. The molecule has 3 nitrogen and oxygen atoms in total. The first-order valence-corrected chi connectivity index (χ1v) is 8.07. The zero-order valence-electron chi connectivity index (χ0n) is 13.7. The van der Waals surface area contributed by atoms with E-state index >= 15 is 0 Å². The molecule has 0 atom stereocenters. The van der Waals surface area contributed by atoms with E-state index in [0.717, 1.165) is 36.9 Å². The number of hydrogen-bond acceptors (Lipinski definition) is 1. The van der Waals surface area contributed by atoms with Gasteiger partial charge in [0.2, 0.25) is 5.96 Å². The van der Waals surface area contributed by atoms with E-state index in [4.69, 9.17) is 0 Å². The first kappa shape index (κ1) is 16.5. The number of likely N-dealkylation sites (N-methyl/N-ethyl adjacent to an activating group) is 1. The van der Waals surface area contributed by atoms with Crippen molar-refractivity contribution in [1.29, 1.82) is 0 Å². The molecule has 0 amide bonds. The molecule has 4 heteroatoms. The lowest BCUT2D eigenvalue weighted by Crippen LogP contribution is -2.46. The van der Waals surface area contributed by atoms with Gasteiger partial charge in [-0.1, -0.05) is 18.7 Å². The third-order valence-electron chi connectivity index (χ3n) is 4.10. The molecular weight excluding hydrogens is 277 g/mol. The van der Waals surface area contributed by atoms with Crippen LogP contribution in [0.4, 0.5) is 4.39 Å². The molecule has 0 aromatic heterocycles. The predicted octanol–water partition coefficient (Wildman–Crippen LogP) is 3.68. The van der Waals surface area contributed by atoms with E-state index in [1.54, 1.807) is 0 Å². The fraction of sp³-hybridized carbons (Fsp3) is 0.500. The Morgan fingerprint density at radius 2 is 1.86 bits per heavy atom. The van der Waals surface area contributed by atoms with Crippen LogP contribution in [0.2, 0.25) is 0 Å². The fourth-order valence-corrected chi connectivity index (χ4v) is 2.97. The van der Waals surface area contributed by atoms with Crippen LogP contribution in [0.5, 0.6) is 0 Å². The Bertz CT molecular complexity index is 516. The number of allylic oxidation sites excluding steroid dienone is 1. The van der Waals surface area contributed by atoms with Gasteiger partial charge in [-0.25, -0.2) is 4.39 Å². The Labute approximate surface area is 133 Å². The van der Waals surface area contributed by atoms with E-state index in [9.17, 15) is 4.39 Å². The van der Waals surface area contributed by atoms with Crippen molar-refractivity contribution in [3.8, 4) is 0 Å². The number of guanidine groups is 1. The van der Waals surface area contributed by atoms with Crippen molar-refractivity contribution in [2.24, 2.45) is 4.99 Å². The SMILES string of the molecule is C=C(Cc1ccc(F)cc1)N(CC)C(=NC)N1CCCCC1. The molecule has 1 heterocycles. The van der Waals surface area contributed by atoms with Gasteiger partial charge in [0.25, 0.3) is 0 Å². The summed E-state index contributed by atoms with van der Waals surface area (Å²) < 4.78 is 13.0. The molecule has 1 aliphatic heterocycles. The molecule has 22 heavy (non-hydrogen) atoms. The summed E-state index contributed by atoms with van der Waals surface area (Å²) in [6.45, 7) is 9.31. The zero-order chi connectivity index (χ0) is 15.9. The molecule has 120 valence electrons. The lowest BCUT2D eigenvalue weighted by atomic mass is 10.1. The lowest BCUT2D eigenvalue weighted by molar-refractivity contribution is 0.301. The summed E-state index contributed by atoms with van der Waals surface area (Å²) in [5, 5.41) is 0. The third-order valence-corrected chi connectivity index (χ3v) is 4.10. The second-order valence-corrected chi connectivity index (χ2v) is 5.69. The lowest BCUT2D eigenvalue weighted by Gasteiger charge is -2.36. The highest BCUT2D eigenvalue weighted by Crippen LogP contribution is 2.17. The highest BCUT2D eigenvalue weighted by molar-refractivity contribution is 5.81. The van der Waals surface area contributed by atoms with Gasteiger partial charge in [-0.2, -0.15) is 0 Å². The molecular formula is C18H26FN3. The van der Waals surface area contributed by atoms with E-state index in [1.807, 2.05) is 19.2 Å². The van der Waals surface area contributed by atoms with Crippen molar-refractivity contribution in [2.45, 2.75) is 32.6 Å². The van der Waals surface area contributed by atoms with Gasteiger partial charge in [-0.3, -0.25) is 4.99 Å². The number of hydrogen-bond donors (Lipinski definition) is 0. The maximum absolute atomic E-state index is 13.0. The fourth-order valence-electron chi connectivity index (χ4n) is 2.97. The van der Waals surface area contributed by atoms with Crippen molar-refractivity contribution in [3.63, 3.8) is 0 Å². The Balaban J connectivity index is 2.08. The second kappa shape index (κ2) is 7.97. The minimum absolute atomic E-state index is 0.203. The van der Waals surface area contributed by atoms with Crippen molar-refractivity contribution in [2.75, 3.05) is 26.7 Å². The first-order valence-electron chi connectivity index (χ1n) is 8.07. The average Bonchev–Trinajstić information content (AvgIpc) is 2.55. The van der Waals surface area contributed by atoms with Crippen LogP contribution < -0.4 is 0 Å². The molecule has 1 fully saturated rings. The minimum atomic E-state index is -0.203. The molecule has 0 spiro atoms. The summed E-state index contributed by atoms with van der Waals surface area (Å²) in [4.78, 5) is 9.03. The minimum Gasteiger partial charge on any atom is -0.343 e. The van der Waals surface area contributed by atoms with Crippen LogP contribution in [0.1, 0.15) is 31.7 Å². The zero-order valence-corrected chi connectivity index (χ0v) is 13.7. The maximum atomic E-state index is 13.0. The van der Waals surface area contributed by atoms with E-state index in [-0.39, 0.29) is 5.82 Å². The van der Waals surface area contributed by atoms with Crippen molar-refractivity contribution in [3.05, 3.63) is 47.9 Å². The summed E-state index contributed by atoms with van der Waals surface area (Å²) >= 11 is 0. The van der Waals surface area contributed by atoms with E-state index in [0.29, 0.717) is 6.42 Å². The Hall–Kier alpha value is -1.84. The van der Waals surface area contributed by atoms with Crippen molar-refractivity contribution in [1.82, 2.24) is 9.80 Å². The Kier molecular flexibility index (Phi) is 5.99. The summed E-state index contributed by atoms with van der Waals surface area (Å²) in [6.07, 6.45) is 4.46. The largest absolute Gasteiger partial charge is 0.343 e. The van der Waals surface area contributed by atoms with Gasteiger partial charge in [-0.05, 0) is 43.9 Å². The van der Waals surface area contributed by atoms with E-state index in [1.165, 1.54) is 31.4 Å². The average molecular weight is 303 g/mol. The number of likely N-dealkylation sites (tertiary alicyclic amines) is 1. The number of rotatable bonds is 4. The van der Waals surface area contributed by atoms with Crippen LogP contribution in [-0.2, 0) is 6.42 Å². The normalized spacial score (nSPS) is 15.8. The van der Waals surface area contributed by atoms with E-state index in [2.05, 4.69) is 28.3 Å². The van der Waals surface area contributed by atoms with Crippen LogP contribution in [-0.4, -0.2) is 42.4 Å². The number of benzene rings is 1. The predicted molar refractivity (Wildman–Crippen MR) is 90.4 cm³/mol. The van der Waals surface area contributed by atoms with Crippen LogP contribution in [0, 0.1) is 5.82 Å². The summed E-state index contributed by atoms with van der Waals surface area (Å²) in [5.41, 5.74) is 2.07. The van der Waals surface area contributed by atoms with Gasteiger partial charge in [0.1, 0.15) is 5.82 Å². The summed E-state index contributed by atoms with van der Waals surface area (Å²) in [5.74, 6) is 0.806. The van der Waals surface area contributed by atoms with Crippen LogP contribution >= 0.6 is 0 Å². The molecule has 0 unspecified atom stereocenters. The van der Waals surface area contributed by atoms with Gasteiger partial charge in [-0.15, -0.1) is 0 Å². The first-order chi connectivity index (χ1) is 10.7. The number of piperidine rings is 1. The molecule has 0 radical (unpaired) electrons. The standard InChI is InChI=1S/C18H26FN3/c1-4-22(18(20-3)21-12-6-5-7-13-21)15(2)14-16-8-10-17(19)11-9-16/h8-11H,2,4-7,12-14H2,1,3H3. The van der Waals surface area contributed by atoms with Crippen LogP contribution in [0.15, 0.2) is 41.5 Å². The quantitative estimate of drug-likeness (QED) is 0.624. The highest BCUT2D eigenvalue weighted by Gasteiger charge is 2.21. The topological polar surface area (TPSA) is 18.8 Å². The molecule has 0 saturated carbocycles. The molecule has 0 aliphatic carbocycles. The van der Waals surface area contributed by atoms with Crippen LogP contribution in [0.25, 0.3) is 0 Å². The smallest absolute Gasteiger partial charge is 0.200 e. The van der Waals surface area contributed by atoms with Crippen molar-refractivity contribution < 1.29 is 4.39 Å². The second-order valence-electron chi connectivity index (χ2n) is 5.69. The van der Waals surface area contributed by atoms with Gasteiger partial charge >= 0.3 is 0 Å². The third kappa shape index (κ3) is 4.09. The number of nitrogens with zero attached hydrogens (tertiary/aromatic N) is 3. The van der Waals surface area contributed by atoms with Crippen molar-refractivity contribution >= 4 is 5.96 Å². The van der Waals surface area contributed by atoms with Gasteiger partial charge in [0, 0.05) is 38.8 Å². The molecule has 0 bridgehead atoms. The summed E-state index contributed by atoms with van der Waals surface area (Å²) in [6, 6.07) is 6.63. The van der Waals surface area contributed by atoms with E-state index < -0.39 is 0 Å². The molecule has 1 aliphatic rings. The summed E-state index contributed by atoms with van der Waals surface area (Å²) in [7, 11) is 1.85. The molecule has 2 rings (SSSR count). The molecule has 0 N–H and O–H groups in total. The molecule has 1 saturated heterocycles. The number of aliphatic imine (C=N–C) groups is 1. The van der Waals surface area contributed by atoms with Gasteiger partial charge in [0.05, 0.1) is 0 Å². The molecule has 1 aromatic carbocycles. The molecule has 1 aromatic rings.